The van der Waals surface area contributed by atoms with Crippen LogP contribution in [0.3, 0.4) is 0 Å². The number of hydrogen-bond donors (Lipinski definition) is 1. The summed E-state index contributed by atoms with van der Waals surface area (Å²) in [5, 5.41) is 9.78. The molecule has 16 heavy (non-hydrogen) atoms. The highest BCUT2D eigenvalue weighted by Crippen LogP contribution is 2.09. The third-order valence-corrected chi connectivity index (χ3v) is 2.68. The molecule has 1 heteroatoms. The van der Waals surface area contributed by atoms with Gasteiger partial charge in [-0.1, -0.05) is 49.4 Å². The van der Waals surface area contributed by atoms with Crippen LogP contribution in [0.1, 0.15) is 38.2 Å². The molecule has 1 N–H and O–H groups in total. The molecule has 0 aliphatic heterocycles. The third-order valence-electron chi connectivity index (χ3n) is 2.68. The summed E-state index contributed by atoms with van der Waals surface area (Å²) in [4.78, 5) is 0. The summed E-state index contributed by atoms with van der Waals surface area (Å²) in [6.07, 6.45) is 8.94. The molecule has 0 aliphatic carbocycles. The second-order valence-electron chi connectivity index (χ2n) is 4.14. The van der Waals surface area contributed by atoms with Crippen LogP contribution in [0, 0.1) is 0 Å². The Morgan fingerprint density at radius 3 is 2.56 bits per heavy atom. The van der Waals surface area contributed by atoms with E-state index in [2.05, 4.69) is 31.2 Å². The topological polar surface area (TPSA) is 20.2 Å². The van der Waals surface area contributed by atoms with E-state index in [9.17, 15) is 5.11 Å². The lowest BCUT2D eigenvalue weighted by Gasteiger charge is -2.08. The van der Waals surface area contributed by atoms with Crippen LogP contribution in [0.25, 0.3) is 0 Å². The predicted octanol–water partition coefficient (Wildman–Crippen LogP) is 3.73. The maximum Gasteiger partial charge on any atom is 0.0546 e. The lowest BCUT2D eigenvalue weighted by atomic mass is 10.0. The lowest BCUT2D eigenvalue weighted by molar-refractivity contribution is 0.156. The van der Waals surface area contributed by atoms with Crippen LogP contribution < -0.4 is 0 Å². The van der Waals surface area contributed by atoms with E-state index in [0.29, 0.717) is 0 Å². The summed E-state index contributed by atoms with van der Waals surface area (Å²) in [7, 11) is 0. The van der Waals surface area contributed by atoms with Crippen molar-refractivity contribution in [1.82, 2.24) is 0 Å². The summed E-state index contributed by atoms with van der Waals surface area (Å²) < 4.78 is 0. The third kappa shape index (κ3) is 5.72. The molecular formula is C15H22O. The van der Waals surface area contributed by atoms with Gasteiger partial charge in [0, 0.05) is 0 Å². The fraction of sp³-hybridized carbons (Fsp3) is 0.467. The summed E-state index contributed by atoms with van der Waals surface area (Å²) >= 11 is 0. The van der Waals surface area contributed by atoms with E-state index in [4.69, 9.17) is 0 Å². The molecule has 0 spiro atoms. The monoisotopic (exact) mass is 218 g/mol. The van der Waals surface area contributed by atoms with Gasteiger partial charge in [-0.2, -0.15) is 0 Å². The fourth-order valence-corrected chi connectivity index (χ4v) is 1.70. The summed E-state index contributed by atoms with van der Waals surface area (Å²) in [6.45, 7) is 2.13. The highest BCUT2D eigenvalue weighted by Gasteiger charge is 2.02. The molecule has 1 nitrogen and oxygen atoms in total. The van der Waals surface area contributed by atoms with Crippen molar-refractivity contribution in [2.45, 2.75) is 45.1 Å². The molecule has 1 atom stereocenters. The zero-order chi connectivity index (χ0) is 11.6. The lowest BCUT2D eigenvalue weighted by Crippen LogP contribution is -2.07. The van der Waals surface area contributed by atoms with Crippen LogP contribution in [0.2, 0.25) is 0 Å². The Balaban J connectivity index is 2.15. The number of aliphatic hydroxyl groups is 1. The smallest absolute Gasteiger partial charge is 0.0546 e. The maximum atomic E-state index is 9.78. The molecule has 0 radical (unpaired) electrons. The molecule has 0 saturated heterocycles. The van der Waals surface area contributed by atoms with Crippen LogP contribution >= 0.6 is 0 Å². The average Bonchev–Trinajstić information content (AvgIpc) is 2.33. The van der Waals surface area contributed by atoms with Crippen molar-refractivity contribution < 1.29 is 5.11 Å². The van der Waals surface area contributed by atoms with Crippen molar-refractivity contribution in [2.24, 2.45) is 0 Å². The van der Waals surface area contributed by atoms with Gasteiger partial charge in [0.05, 0.1) is 6.10 Å². The van der Waals surface area contributed by atoms with Crippen LogP contribution in [0.4, 0.5) is 0 Å². The van der Waals surface area contributed by atoms with Gasteiger partial charge in [-0.25, -0.2) is 0 Å². The van der Waals surface area contributed by atoms with Gasteiger partial charge in [0.25, 0.3) is 0 Å². The second-order valence-corrected chi connectivity index (χ2v) is 4.14. The average molecular weight is 218 g/mol. The Morgan fingerprint density at radius 2 is 1.88 bits per heavy atom. The van der Waals surface area contributed by atoms with Crippen LogP contribution in [-0.4, -0.2) is 11.2 Å². The van der Waals surface area contributed by atoms with E-state index in [0.717, 1.165) is 32.1 Å². The Morgan fingerprint density at radius 1 is 1.12 bits per heavy atom. The molecular weight excluding hydrogens is 196 g/mol. The second kappa shape index (κ2) is 8.12. The zero-order valence-corrected chi connectivity index (χ0v) is 10.1. The Hall–Kier alpha value is -1.08. The van der Waals surface area contributed by atoms with Crippen molar-refractivity contribution in [2.75, 3.05) is 0 Å². The molecule has 0 saturated carbocycles. The van der Waals surface area contributed by atoms with Gasteiger partial charge in [0.1, 0.15) is 0 Å². The number of benzene rings is 1. The SMILES string of the molecule is CC/C=C\CCC(O)CCc1ccccc1. The van der Waals surface area contributed by atoms with Gasteiger partial charge in [-0.3, -0.25) is 0 Å². The fourth-order valence-electron chi connectivity index (χ4n) is 1.70. The number of aliphatic hydroxyl groups excluding tert-OH is 1. The molecule has 1 aromatic carbocycles. The predicted molar refractivity (Wildman–Crippen MR) is 69.4 cm³/mol. The van der Waals surface area contributed by atoms with E-state index in [-0.39, 0.29) is 6.10 Å². The number of aryl methyl sites for hydroxylation is 1. The minimum absolute atomic E-state index is 0.165. The molecule has 0 amide bonds. The molecule has 0 aromatic heterocycles. The van der Waals surface area contributed by atoms with Gasteiger partial charge >= 0.3 is 0 Å². The number of hydrogen-bond acceptors (Lipinski definition) is 1. The van der Waals surface area contributed by atoms with Gasteiger partial charge in [-0.15, -0.1) is 0 Å². The molecule has 0 bridgehead atoms. The zero-order valence-electron chi connectivity index (χ0n) is 10.1. The Bertz CT molecular complexity index is 290. The minimum Gasteiger partial charge on any atom is -0.393 e. The van der Waals surface area contributed by atoms with Crippen molar-refractivity contribution in [1.29, 1.82) is 0 Å². The molecule has 0 aliphatic rings. The van der Waals surface area contributed by atoms with Crippen molar-refractivity contribution in [3.8, 4) is 0 Å². The standard InChI is InChI=1S/C15H22O/c1-2-3-4-8-11-15(16)13-12-14-9-6-5-7-10-14/h3-7,9-10,15-16H,2,8,11-13H2,1H3/b4-3-. The van der Waals surface area contributed by atoms with Crippen LogP contribution in [0.15, 0.2) is 42.5 Å². The number of allylic oxidation sites excluding steroid dienone is 2. The number of rotatable bonds is 7. The summed E-state index contributed by atoms with van der Waals surface area (Å²) in [5.74, 6) is 0. The van der Waals surface area contributed by atoms with Gasteiger partial charge in [0.2, 0.25) is 0 Å². The highest BCUT2D eigenvalue weighted by atomic mass is 16.3. The summed E-state index contributed by atoms with van der Waals surface area (Å²) in [5.41, 5.74) is 1.31. The van der Waals surface area contributed by atoms with Crippen LogP contribution in [-0.2, 0) is 6.42 Å². The van der Waals surface area contributed by atoms with E-state index < -0.39 is 0 Å². The van der Waals surface area contributed by atoms with Crippen molar-refractivity contribution >= 4 is 0 Å². The molecule has 1 rings (SSSR count). The normalized spacial score (nSPS) is 13.1. The van der Waals surface area contributed by atoms with Crippen molar-refractivity contribution in [3.05, 3.63) is 48.0 Å². The molecule has 0 heterocycles. The first-order chi connectivity index (χ1) is 7.83. The summed E-state index contributed by atoms with van der Waals surface area (Å²) in [6, 6.07) is 10.3. The van der Waals surface area contributed by atoms with Crippen molar-refractivity contribution in [3.63, 3.8) is 0 Å². The molecule has 0 fully saturated rings. The first-order valence-electron chi connectivity index (χ1n) is 6.20. The van der Waals surface area contributed by atoms with E-state index >= 15 is 0 Å². The quantitative estimate of drug-likeness (QED) is 0.691. The van der Waals surface area contributed by atoms with E-state index in [1.807, 2.05) is 18.2 Å². The Labute approximate surface area is 98.8 Å². The highest BCUT2D eigenvalue weighted by molar-refractivity contribution is 5.14. The molecule has 1 unspecified atom stereocenters. The largest absolute Gasteiger partial charge is 0.393 e. The first-order valence-corrected chi connectivity index (χ1v) is 6.20. The van der Waals surface area contributed by atoms with Crippen LogP contribution in [0.5, 0.6) is 0 Å². The molecule has 88 valence electrons. The maximum absolute atomic E-state index is 9.78. The van der Waals surface area contributed by atoms with E-state index in [1.165, 1.54) is 5.56 Å². The van der Waals surface area contributed by atoms with E-state index in [1.54, 1.807) is 0 Å². The van der Waals surface area contributed by atoms with Gasteiger partial charge in [0.15, 0.2) is 0 Å². The van der Waals surface area contributed by atoms with Gasteiger partial charge in [-0.05, 0) is 37.7 Å². The minimum atomic E-state index is -0.165. The first kappa shape index (κ1) is 13.0. The molecule has 1 aromatic rings. The van der Waals surface area contributed by atoms with Gasteiger partial charge < -0.3 is 5.11 Å². The Kier molecular flexibility index (Phi) is 6.59.